The van der Waals surface area contributed by atoms with Crippen molar-refractivity contribution in [1.29, 1.82) is 0 Å². The minimum absolute atomic E-state index is 0.165. The maximum absolute atomic E-state index is 2.31. The molecule has 4 aromatic rings. The largest absolute Gasteiger partial charge is 0.0573 e. The normalized spacial score (nSPS) is 12.8. The van der Waals surface area contributed by atoms with E-state index in [-0.39, 0.29) is 5.41 Å². The van der Waals surface area contributed by atoms with Gasteiger partial charge in [-0.1, -0.05) is 69.3 Å². The molecule has 21 heavy (non-hydrogen) atoms. The second kappa shape index (κ2) is 3.98. The summed E-state index contributed by atoms with van der Waals surface area (Å²) in [4.78, 5) is 0. The maximum Gasteiger partial charge on any atom is -0.00238 e. The second-order valence-electron chi connectivity index (χ2n) is 7.23. The average molecular weight is 272 g/mol. The van der Waals surface area contributed by atoms with Gasteiger partial charge in [0.25, 0.3) is 0 Å². The molecule has 0 aromatic heterocycles. The standard InChI is InChI=1S/C21H20/c1-13-11-15-6-5-14-8-10-18(21(2,3)4)17-9-7-16(12-13)19(15)20(14)17/h5-12H,1-4H3. The molecular weight excluding hydrogens is 252 g/mol. The summed E-state index contributed by atoms with van der Waals surface area (Å²) in [6.07, 6.45) is 0. The molecule has 0 aliphatic rings. The molecule has 0 saturated heterocycles. The Kier molecular flexibility index (Phi) is 2.39. The van der Waals surface area contributed by atoms with E-state index in [4.69, 9.17) is 0 Å². The quantitative estimate of drug-likeness (QED) is 0.335. The van der Waals surface area contributed by atoms with Gasteiger partial charge >= 0.3 is 0 Å². The Morgan fingerprint density at radius 1 is 0.667 bits per heavy atom. The fourth-order valence-corrected chi connectivity index (χ4v) is 3.63. The van der Waals surface area contributed by atoms with Crippen LogP contribution in [0.15, 0.2) is 48.5 Å². The van der Waals surface area contributed by atoms with Gasteiger partial charge in [0.2, 0.25) is 0 Å². The highest BCUT2D eigenvalue weighted by Crippen LogP contribution is 2.39. The first-order valence-corrected chi connectivity index (χ1v) is 7.64. The van der Waals surface area contributed by atoms with E-state index in [1.54, 1.807) is 0 Å². The molecule has 0 heterocycles. The van der Waals surface area contributed by atoms with Crippen molar-refractivity contribution in [2.75, 3.05) is 0 Å². The van der Waals surface area contributed by atoms with Gasteiger partial charge in [0, 0.05) is 0 Å². The third-order valence-electron chi connectivity index (χ3n) is 4.55. The van der Waals surface area contributed by atoms with Crippen LogP contribution in [0.4, 0.5) is 0 Å². The van der Waals surface area contributed by atoms with Crippen LogP contribution in [-0.4, -0.2) is 0 Å². The van der Waals surface area contributed by atoms with Crippen molar-refractivity contribution < 1.29 is 0 Å². The predicted octanol–water partition coefficient (Wildman–Crippen LogP) is 6.19. The third-order valence-corrected chi connectivity index (χ3v) is 4.55. The van der Waals surface area contributed by atoms with Crippen LogP contribution in [0.2, 0.25) is 0 Å². The fourth-order valence-electron chi connectivity index (χ4n) is 3.63. The van der Waals surface area contributed by atoms with Crippen LogP contribution in [0.3, 0.4) is 0 Å². The molecule has 0 saturated carbocycles. The number of benzene rings is 4. The molecule has 0 spiro atoms. The zero-order chi connectivity index (χ0) is 14.8. The maximum atomic E-state index is 2.31. The molecule has 0 unspecified atom stereocenters. The lowest BCUT2D eigenvalue weighted by molar-refractivity contribution is 0.596. The first-order valence-electron chi connectivity index (χ1n) is 7.64. The van der Waals surface area contributed by atoms with Gasteiger partial charge in [0.05, 0.1) is 0 Å². The summed E-state index contributed by atoms with van der Waals surface area (Å²) < 4.78 is 0. The molecule has 0 heteroatoms. The Hall–Kier alpha value is -2.08. The Morgan fingerprint density at radius 3 is 1.90 bits per heavy atom. The lowest BCUT2D eigenvalue weighted by Gasteiger charge is -2.23. The summed E-state index contributed by atoms with van der Waals surface area (Å²) in [7, 11) is 0. The Balaban J connectivity index is 2.30. The Bertz CT molecular complexity index is 949. The summed E-state index contributed by atoms with van der Waals surface area (Å²) >= 11 is 0. The third kappa shape index (κ3) is 1.75. The van der Waals surface area contributed by atoms with Crippen LogP contribution in [-0.2, 0) is 5.41 Å². The van der Waals surface area contributed by atoms with Crippen LogP contribution in [0.1, 0.15) is 31.9 Å². The Labute approximate surface area is 125 Å². The lowest BCUT2D eigenvalue weighted by Crippen LogP contribution is -2.11. The SMILES string of the molecule is Cc1cc2ccc3ccc(C(C)(C)C)c4ccc(c1)c2c34. The van der Waals surface area contributed by atoms with Crippen LogP contribution < -0.4 is 0 Å². The van der Waals surface area contributed by atoms with E-state index < -0.39 is 0 Å². The van der Waals surface area contributed by atoms with Crippen molar-refractivity contribution in [3.63, 3.8) is 0 Å². The molecule has 0 aliphatic carbocycles. The number of rotatable bonds is 0. The molecule has 0 aliphatic heterocycles. The van der Waals surface area contributed by atoms with Crippen molar-refractivity contribution in [3.05, 3.63) is 59.7 Å². The highest BCUT2D eigenvalue weighted by molar-refractivity contribution is 6.23. The minimum Gasteiger partial charge on any atom is -0.0573 e. The molecular formula is C21H20. The summed E-state index contributed by atoms with van der Waals surface area (Å²) in [5.41, 5.74) is 2.93. The van der Waals surface area contributed by atoms with Gasteiger partial charge in [-0.3, -0.25) is 0 Å². The van der Waals surface area contributed by atoms with Crippen molar-refractivity contribution in [1.82, 2.24) is 0 Å². The molecule has 4 aromatic carbocycles. The fraction of sp³-hybridized carbons (Fsp3) is 0.238. The zero-order valence-corrected chi connectivity index (χ0v) is 13.1. The van der Waals surface area contributed by atoms with Gasteiger partial charge in [-0.05, 0) is 55.8 Å². The van der Waals surface area contributed by atoms with Crippen molar-refractivity contribution >= 4 is 32.3 Å². The van der Waals surface area contributed by atoms with E-state index in [1.807, 2.05) is 0 Å². The summed E-state index contributed by atoms with van der Waals surface area (Å²) in [6, 6.07) is 18.3. The zero-order valence-electron chi connectivity index (χ0n) is 13.1. The molecule has 0 amide bonds. The molecule has 0 atom stereocenters. The minimum atomic E-state index is 0.165. The van der Waals surface area contributed by atoms with Gasteiger partial charge in [-0.15, -0.1) is 0 Å². The number of aryl methyl sites for hydroxylation is 1. The predicted molar refractivity (Wildman–Crippen MR) is 93.6 cm³/mol. The van der Waals surface area contributed by atoms with Gasteiger partial charge < -0.3 is 0 Å². The second-order valence-corrected chi connectivity index (χ2v) is 7.23. The van der Waals surface area contributed by atoms with Crippen LogP contribution in [0.5, 0.6) is 0 Å². The van der Waals surface area contributed by atoms with E-state index in [0.717, 1.165) is 0 Å². The molecule has 0 nitrogen and oxygen atoms in total. The molecule has 104 valence electrons. The monoisotopic (exact) mass is 272 g/mol. The van der Waals surface area contributed by atoms with Crippen LogP contribution >= 0.6 is 0 Å². The lowest BCUT2D eigenvalue weighted by atomic mass is 9.81. The first kappa shape index (κ1) is 12.6. The molecule has 0 radical (unpaired) electrons. The van der Waals surface area contributed by atoms with Crippen LogP contribution in [0, 0.1) is 6.92 Å². The smallest absolute Gasteiger partial charge is 0.00238 e. The Morgan fingerprint density at radius 2 is 1.24 bits per heavy atom. The summed E-state index contributed by atoms with van der Waals surface area (Å²) in [5.74, 6) is 0. The van der Waals surface area contributed by atoms with Gasteiger partial charge in [-0.25, -0.2) is 0 Å². The number of hydrogen-bond acceptors (Lipinski definition) is 0. The first-order chi connectivity index (χ1) is 9.95. The summed E-state index contributed by atoms with van der Waals surface area (Å²) in [6.45, 7) is 9.06. The van der Waals surface area contributed by atoms with Crippen molar-refractivity contribution in [3.8, 4) is 0 Å². The van der Waals surface area contributed by atoms with E-state index in [2.05, 4.69) is 76.2 Å². The average Bonchev–Trinajstić information content (AvgIpc) is 2.42. The summed E-state index contributed by atoms with van der Waals surface area (Å²) in [5, 5.41) is 8.31. The topological polar surface area (TPSA) is 0 Å². The van der Waals surface area contributed by atoms with E-state index in [1.165, 1.54) is 43.4 Å². The van der Waals surface area contributed by atoms with Crippen molar-refractivity contribution in [2.45, 2.75) is 33.1 Å². The highest BCUT2D eigenvalue weighted by atomic mass is 14.2. The van der Waals surface area contributed by atoms with Crippen LogP contribution in [0.25, 0.3) is 32.3 Å². The number of hydrogen-bond donors (Lipinski definition) is 0. The van der Waals surface area contributed by atoms with Gasteiger partial charge in [-0.2, -0.15) is 0 Å². The molecule has 0 fully saturated rings. The van der Waals surface area contributed by atoms with Crippen molar-refractivity contribution in [2.24, 2.45) is 0 Å². The highest BCUT2D eigenvalue weighted by Gasteiger charge is 2.19. The van der Waals surface area contributed by atoms with E-state index in [0.29, 0.717) is 0 Å². The van der Waals surface area contributed by atoms with Gasteiger partial charge in [0.1, 0.15) is 0 Å². The van der Waals surface area contributed by atoms with Gasteiger partial charge in [0.15, 0.2) is 0 Å². The molecule has 0 bridgehead atoms. The molecule has 0 N–H and O–H groups in total. The molecule has 4 rings (SSSR count). The van der Waals surface area contributed by atoms with E-state index >= 15 is 0 Å². The van der Waals surface area contributed by atoms with E-state index in [9.17, 15) is 0 Å².